The number of hydrogen-bond acceptors (Lipinski definition) is 3. The van der Waals surface area contributed by atoms with Gasteiger partial charge in [-0.3, -0.25) is 9.59 Å². The fourth-order valence-electron chi connectivity index (χ4n) is 2.75. The molecule has 0 aromatic heterocycles. The van der Waals surface area contributed by atoms with Gasteiger partial charge in [0.25, 0.3) is 0 Å². The van der Waals surface area contributed by atoms with E-state index in [4.69, 9.17) is 10.8 Å². The van der Waals surface area contributed by atoms with Crippen molar-refractivity contribution in [3.8, 4) is 0 Å². The molecule has 0 aromatic rings. The van der Waals surface area contributed by atoms with Crippen LogP contribution in [0.5, 0.6) is 0 Å². The topological polar surface area (TPSA) is 92.4 Å². The van der Waals surface area contributed by atoms with Crippen LogP contribution in [0.3, 0.4) is 0 Å². The van der Waals surface area contributed by atoms with Gasteiger partial charge in [0.05, 0.1) is 5.92 Å². The number of aliphatic carboxylic acids is 1. The van der Waals surface area contributed by atoms with E-state index in [9.17, 15) is 9.59 Å². The number of amides is 1. The maximum Gasteiger partial charge on any atom is 0.303 e. The van der Waals surface area contributed by atoms with Crippen molar-refractivity contribution in [2.75, 3.05) is 6.54 Å². The number of rotatable bonds is 7. The van der Waals surface area contributed by atoms with E-state index in [-0.39, 0.29) is 24.3 Å². The summed E-state index contributed by atoms with van der Waals surface area (Å²) in [5.41, 5.74) is 6.07. The van der Waals surface area contributed by atoms with Crippen LogP contribution in [0.4, 0.5) is 0 Å². The van der Waals surface area contributed by atoms with Crippen LogP contribution in [-0.4, -0.2) is 29.6 Å². The highest BCUT2D eigenvalue weighted by Crippen LogP contribution is 2.22. The molecule has 5 nitrogen and oxygen atoms in total. The third-order valence-electron chi connectivity index (χ3n) is 4.19. The van der Waals surface area contributed by atoms with Crippen molar-refractivity contribution in [1.29, 1.82) is 0 Å². The molecule has 1 aliphatic carbocycles. The summed E-state index contributed by atoms with van der Waals surface area (Å²) in [7, 11) is 0. The van der Waals surface area contributed by atoms with Gasteiger partial charge in [0, 0.05) is 19.0 Å². The van der Waals surface area contributed by atoms with Crippen molar-refractivity contribution in [2.24, 2.45) is 17.6 Å². The van der Waals surface area contributed by atoms with Crippen LogP contribution in [0.1, 0.15) is 58.3 Å². The zero-order valence-corrected chi connectivity index (χ0v) is 12.4. The van der Waals surface area contributed by atoms with Gasteiger partial charge < -0.3 is 16.2 Å². The lowest BCUT2D eigenvalue weighted by molar-refractivity contribution is -0.137. The van der Waals surface area contributed by atoms with E-state index in [2.05, 4.69) is 5.32 Å². The van der Waals surface area contributed by atoms with Gasteiger partial charge in [0.2, 0.25) is 5.91 Å². The van der Waals surface area contributed by atoms with E-state index in [0.29, 0.717) is 18.9 Å². The minimum Gasteiger partial charge on any atom is -0.481 e. The number of nitrogens with two attached hydrogens (primary N) is 1. The zero-order valence-electron chi connectivity index (χ0n) is 12.4. The molecule has 5 heteroatoms. The summed E-state index contributed by atoms with van der Waals surface area (Å²) < 4.78 is 0. The van der Waals surface area contributed by atoms with Crippen molar-refractivity contribution in [2.45, 2.75) is 64.3 Å². The van der Waals surface area contributed by atoms with Gasteiger partial charge in [0.1, 0.15) is 0 Å². The molecule has 1 amide bonds. The van der Waals surface area contributed by atoms with Crippen molar-refractivity contribution in [3.63, 3.8) is 0 Å². The minimum absolute atomic E-state index is 0.0121. The van der Waals surface area contributed by atoms with Crippen LogP contribution in [0, 0.1) is 11.8 Å². The molecule has 3 unspecified atom stereocenters. The third kappa shape index (κ3) is 6.37. The molecule has 0 spiro atoms. The normalized spacial score (nSPS) is 24.7. The summed E-state index contributed by atoms with van der Waals surface area (Å²) in [6.07, 6.45) is 6.88. The van der Waals surface area contributed by atoms with E-state index in [1.54, 1.807) is 0 Å². The number of carbonyl (C=O) groups excluding carboxylic acids is 1. The Morgan fingerprint density at radius 1 is 1.25 bits per heavy atom. The Morgan fingerprint density at radius 2 is 1.95 bits per heavy atom. The Morgan fingerprint density at radius 3 is 2.65 bits per heavy atom. The zero-order chi connectivity index (χ0) is 15.0. The standard InChI is InChI=1S/C15H28N2O3/c1-11(7-8-14(18)19)9-10-17-15(20)12-5-3-2-4-6-13(12)16/h11-13H,2-10,16H2,1H3,(H,17,20)(H,18,19). The second-order valence-electron chi connectivity index (χ2n) is 6.03. The molecule has 0 aromatic carbocycles. The van der Waals surface area contributed by atoms with E-state index >= 15 is 0 Å². The Labute approximate surface area is 121 Å². The van der Waals surface area contributed by atoms with Crippen LogP contribution in [0.25, 0.3) is 0 Å². The first kappa shape index (κ1) is 17.0. The van der Waals surface area contributed by atoms with Crippen molar-refractivity contribution < 1.29 is 14.7 Å². The second kappa shape index (κ2) is 8.95. The summed E-state index contributed by atoms with van der Waals surface area (Å²) >= 11 is 0. The SMILES string of the molecule is CC(CCNC(=O)C1CCCCCC1N)CCC(=O)O. The first-order valence-electron chi connectivity index (χ1n) is 7.75. The monoisotopic (exact) mass is 284 g/mol. The predicted octanol–water partition coefficient (Wildman–Crippen LogP) is 1.90. The number of carboxylic acid groups (broad SMARTS) is 1. The first-order chi connectivity index (χ1) is 9.50. The smallest absolute Gasteiger partial charge is 0.303 e. The average molecular weight is 284 g/mol. The van der Waals surface area contributed by atoms with Crippen molar-refractivity contribution >= 4 is 11.9 Å². The van der Waals surface area contributed by atoms with Crippen LogP contribution in [0.2, 0.25) is 0 Å². The summed E-state index contributed by atoms with van der Waals surface area (Å²) in [6, 6.07) is -0.0121. The average Bonchev–Trinajstić information content (AvgIpc) is 2.61. The number of carbonyl (C=O) groups is 2. The molecule has 1 saturated carbocycles. The summed E-state index contributed by atoms with van der Waals surface area (Å²) in [5, 5.41) is 11.6. The van der Waals surface area contributed by atoms with Crippen LogP contribution < -0.4 is 11.1 Å². The van der Waals surface area contributed by atoms with Crippen LogP contribution in [0.15, 0.2) is 0 Å². The van der Waals surface area contributed by atoms with Gasteiger partial charge >= 0.3 is 5.97 Å². The molecule has 0 heterocycles. The first-order valence-corrected chi connectivity index (χ1v) is 7.75. The molecule has 3 atom stereocenters. The molecule has 0 radical (unpaired) electrons. The summed E-state index contributed by atoms with van der Waals surface area (Å²) in [5.74, 6) is -0.420. The predicted molar refractivity (Wildman–Crippen MR) is 78.2 cm³/mol. The van der Waals surface area contributed by atoms with Gasteiger partial charge in [-0.1, -0.05) is 26.2 Å². The summed E-state index contributed by atoms with van der Waals surface area (Å²) in [6.45, 7) is 2.63. The molecule has 116 valence electrons. The Hall–Kier alpha value is -1.10. The fourth-order valence-corrected chi connectivity index (χ4v) is 2.75. The molecule has 20 heavy (non-hydrogen) atoms. The molecule has 0 aliphatic heterocycles. The molecular weight excluding hydrogens is 256 g/mol. The number of carboxylic acids is 1. The van der Waals surface area contributed by atoms with Crippen molar-refractivity contribution in [3.05, 3.63) is 0 Å². The van der Waals surface area contributed by atoms with Gasteiger partial charge in [0.15, 0.2) is 0 Å². The fraction of sp³-hybridized carbons (Fsp3) is 0.867. The van der Waals surface area contributed by atoms with E-state index in [1.807, 2.05) is 6.92 Å². The Bertz CT molecular complexity index is 320. The maximum atomic E-state index is 12.1. The highest BCUT2D eigenvalue weighted by Gasteiger charge is 2.26. The maximum absolute atomic E-state index is 12.1. The highest BCUT2D eigenvalue weighted by atomic mass is 16.4. The third-order valence-corrected chi connectivity index (χ3v) is 4.19. The molecule has 0 bridgehead atoms. The van der Waals surface area contributed by atoms with Gasteiger partial charge in [-0.05, 0) is 31.6 Å². The quantitative estimate of drug-likeness (QED) is 0.623. The van der Waals surface area contributed by atoms with Crippen LogP contribution >= 0.6 is 0 Å². The number of hydrogen-bond donors (Lipinski definition) is 3. The largest absolute Gasteiger partial charge is 0.481 e. The molecular formula is C15H28N2O3. The highest BCUT2D eigenvalue weighted by molar-refractivity contribution is 5.79. The lowest BCUT2D eigenvalue weighted by atomic mass is 9.94. The van der Waals surface area contributed by atoms with Gasteiger partial charge in [-0.15, -0.1) is 0 Å². The summed E-state index contributed by atoms with van der Waals surface area (Å²) in [4.78, 5) is 22.6. The lowest BCUT2D eigenvalue weighted by Crippen LogP contribution is -2.41. The van der Waals surface area contributed by atoms with E-state index in [1.165, 1.54) is 6.42 Å². The Balaban J connectivity index is 2.23. The lowest BCUT2D eigenvalue weighted by Gasteiger charge is -2.21. The van der Waals surface area contributed by atoms with Crippen LogP contribution in [-0.2, 0) is 9.59 Å². The molecule has 1 rings (SSSR count). The van der Waals surface area contributed by atoms with Gasteiger partial charge in [-0.2, -0.15) is 0 Å². The van der Waals surface area contributed by atoms with Crippen molar-refractivity contribution in [1.82, 2.24) is 5.32 Å². The molecule has 0 saturated heterocycles. The van der Waals surface area contributed by atoms with E-state index < -0.39 is 5.97 Å². The molecule has 1 fully saturated rings. The molecule has 1 aliphatic rings. The second-order valence-corrected chi connectivity index (χ2v) is 6.03. The number of nitrogens with one attached hydrogen (secondary N) is 1. The minimum atomic E-state index is -0.759. The Kier molecular flexibility index (Phi) is 7.59. The van der Waals surface area contributed by atoms with Gasteiger partial charge in [-0.25, -0.2) is 0 Å². The molecule has 4 N–H and O–H groups in total. The van der Waals surface area contributed by atoms with E-state index in [0.717, 1.165) is 32.1 Å².